The zero-order valence-corrected chi connectivity index (χ0v) is 8.90. The maximum Gasteiger partial charge on any atom is 0.270 e. The highest BCUT2D eigenvalue weighted by Gasteiger charge is 2.22. The first kappa shape index (κ1) is 12.0. The van der Waals surface area contributed by atoms with Crippen LogP contribution in [0.3, 0.4) is 0 Å². The van der Waals surface area contributed by atoms with Gasteiger partial charge in [-0.1, -0.05) is 13.8 Å². The average molecular weight is 212 g/mol. The van der Waals surface area contributed by atoms with Gasteiger partial charge in [0.25, 0.3) is 10.1 Å². The Morgan fingerprint density at radius 3 is 2.17 bits per heavy atom. The predicted octanol–water partition coefficient (Wildman–Crippen LogP) is 1.77. The molecule has 12 heavy (non-hydrogen) atoms. The van der Waals surface area contributed by atoms with Gasteiger partial charge in [0.1, 0.15) is 6.35 Å². The first-order valence-electron chi connectivity index (χ1n) is 3.75. The summed E-state index contributed by atoms with van der Waals surface area (Å²) in [6.45, 7) is 3.56. The van der Waals surface area contributed by atoms with Crippen LogP contribution in [-0.2, 0) is 18.9 Å². The second-order valence-electron chi connectivity index (χ2n) is 2.31. The van der Waals surface area contributed by atoms with Crippen molar-refractivity contribution >= 4 is 18.6 Å². The zero-order chi connectivity index (χ0) is 9.61. The lowest BCUT2D eigenvalue weighted by Gasteiger charge is -2.11. The monoisotopic (exact) mass is 212 g/mol. The Morgan fingerprint density at radius 2 is 1.83 bits per heavy atom. The van der Waals surface area contributed by atoms with Crippen LogP contribution in [0, 0.1) is 0 Å². The SMILES string of the molecule is CCC(CC)S(=O)(=O)OCP=O. The van der Waals surface area contributed by atoms with E-state index in [-0.39, 0.29) is 14.8 Å². The molecule has 0 unspecified atom stereocenters. The lowest BCUT2D eigenvalue weighted by Crippen LogP contribution is -2.21. The van der Waals surface area contributed by atoms with Gasteiger partial charge in [0, 0.05) is 0 Å². The van der Waals surface area contributed by atoms with E-state index in [1.165, 1.54) is 0 Å². The minimum absolute atomic E-state index is 0.279. The van der Waals surface area contributed by atoms with E-state index in [0.29, 0.717) is 12.8 Å². The third-order valence-electron chi connectivity index (χ3n) is 1.59. The molecular formula is C6H13O4PS. The Hall–Kier alpha value is 0.01000. The lowest BCUT2D eigenvalue weighted by molar-refractivity contribution is 0.363. The van der Waals surface area contributed by atoms with Crippen molar-refractivity contribution in [3.8, 4) is 0 Å². The van der Waals surface area contributed by atoms with E-state index in [0.717, 1.165) is 0 Å². The average Bonchev–Trinajstić information content (AvgIpc) is 2.03. The molecule has 6 heteroatoms. The summed E-state index contributed by atoms with van der Waals surface area (Å²) in [7, 11) is -3.80. The van der Waals surface area contributed by atoms with E-state index in [1.54, 1.807) is 13.8 Å². The topological polar surface area (TPSA) is 60.4 Å². The van der Waals surface area contributed by atoms with Crippen LogP contribution in [0.5, 0.6) is 0 Å². The molecule has 0 aliphatic rings. The molecule has 0 saturated carbocycles. The second-order valence-corrected chi connectivity index (χ2v) is 4.71. The number of rotatable bonds is 6. The highest BCUT2D eigenvalue weighted by atomic mass is 32.2. The molecule has 0 radical (unpaired) electrons. The summed E-state index contributed by atoms with van der Waals surface area (Å²) in [5, 5.41) is -0.473. The summed E-state index contributed by atoms with van der Waals surface area (Å²) in [6, 6.07) is 0. The maximum atomic E-state index is 11.2. The van der Waals surface area contributed by atoms with Crippen molar-refractivity contribution in [2.24, 2.45) is 0 Å². The molecule has 0 N–H and O–H groups in total. The van der Waals surface area contributed by atoms with Crippen LogP contribution in [-0.4, -0.2) is 20.0 Å². The molecule has 0 aliphatic carbocycles. The lowest BCUT2D eigenvalue weighted by atomic mass is 10.3. The highest BCUT2D eigenvalue weighted by Crippen LogP contribution is 2.13. The molecule has 0 fully saturated rings. The fourth-order valence-corrected chi connectivity index (χ4v) is 2.66. The molecule has 0 aromatic heterocycles. The first-order valence-corrected chi connectivity index (χ1v) is 6.22. The van der Waals surface area contributed by atoms with E-state index in [2.05, 4.69) is 4.18 Å². The van der Waals surface area contributed by atoms with Crippen molar-refractivity contribution in [1.29, 1.82) is 0 Å². The molecule has 0 atom stereocenters. The molecule has 0 rings (SSSR count). The molecule has 0 amide bonds. The van der Waals surface area contributed by atoms with Gasteiger partial charge in [0.15, 0.2) is 8.46 Å². The van der Waals surface area contributed by atoms with Crippen molar-refractivity contribution in [2.45, 2.75) is 31.9 Å². The van der Waals surface area contributed by atoms with Crippen molar-refractivity contribution in [1.82, 2.24) is 0 Å². The van der Waals surface area contributed by atoms with Gasteiger partial charge >= 0.3 is 0 Å². The molecule has 0 spiro atoms. The minimum atomic E-state index is -3.49. The summed E-state index contributed by atoms with van der Waals surface area (Å²) in [6.07, 6.45) is 0.766. The molecule has 0 bridgehead atoms. The summed E-state index contributed by atoms with van der Waals surface area (Å²) < 4.78 is 36.8. The third kappa shape index (κ3) is 3.61. The number of hydrogen-bond donors (Lipinski definition) is 0. The fourth-order valence-electron chi connectivity index (χ4n) is 0.888. The Labute approximate surface area is 74.6 Å². The van der Waals surface area contributed by atoms with E-state index < -0.39 is 15.4 Å². The van der Waals surface area contributed by atoms with Gasteiger partial charge in [-0.05, 0) is 12.8 Å². The molecular weight excluding hydrogens is 199 g/mol. The molecule has 72 valence electrons. The Bertz CT molecular complexity index is 220. The summed E-state index contributed by atoms with van der Waals surface area (Å²) in [5.74, 6) is 0. The third-order valence-corrected chi connectivity index (χ3v) is 3.93. The second kappa shape index (κ2) is 5.62. The van der Waals surface area contributed by atoms with E-state index in [9.17, 15) is 13.0 Å². The van der Waals surface area contributed by atoms with Crippen LogP contribution in [0.15, 0.2) is 0 Å². The molecule has 0 saturated heterocycles. The van der Waals surface area contributed by atoms with Crippen LogP contribution in [0.2, 0.25) is 0 Å². The van der Waals surface area contributed by atoms with Gasteiger partial charge in [-0.3, -0.25) is 8.75 Å². The van der Waals surface area contributed by atoms with Gasteiger partial charge < -0.3 is 0 Å². The van der Waals surface area contributed by atoms with E-state index >= 15 is 0 Å². The van der Waals surface area contributed by atoms with Gasteiger partial charge in [-0.15, -0.1) is 0 Å². The van der Waals surface area contributed by atoms with Gasteiger partial charge in [0.05, 0.1) is 5.25 Å². The standard InChI is InChI=1S/C6H13O4PS/c1-3-6(4-2)12(8,9)10-5-11-7/h6H,3-5H2,1-2H3. The highest BCUT2D eigenvalue weighted by molar-refractivity contribution is 7.87. The van der Waals surface area contributed by atoms with Crippen molar-refractivity contribution in [3.05, 3.63) is 0 Å². The molecule has 0 heterocycles. The molecule has 0 aromatic rings. The Kier molecular flexibility index (Phi) is 5.63. The summed E-state index contributed by atoms with van der Waals surface area (Å²) >= 11 is 0. The van der Waals surface area contributed by atoms with Gasteiger partial charge in [-0.25, -0.2) is 0 Å². The van der Waals surface area contributed by atoms with Gasteiger partial charge in [0.2, 0.25) is 0 Å². The maximum absolute atomic E-state index is 11.2. The molecule has 0 aromatic carbocycles. The van der Waals surface area contributed by atoms with E-state index in [1.807, 2.05) is 0 Å². The first-order chi connectivity index (χ1) is 5.58. The van der Waals surface area contributed by atoms with Crippen LogP contribution >= 0.6 is 8.46 Å². The Morgan fingerprint density at radius 1 is 1.33 bits per heavy atom. The minimum Gasteiger partial charge on any atom is -0.272 e. The molecule has 4 nitrogen and oxygen atoms in total. The van der Waals surface area contributed by atoms with Crippen LogP contribution in [0.4, 0.5) is 0 Å². The van der Waals surface area contributed by atoms with Crippen molar-refractivity contribution < 1.29 is 17.2 Å². The largest absolute Gasteiger partial charge is 0.272 e. The van der Waals surface area contributed by atoms with Crippen molar-refractivity contribution in [2.75, 3.05) is 6.35 Å². The summed E-state index contributed by atoms with van der Waals surface area (Å²) in [5.41, 5.74) is 0. The normalized spacial score (nSPS) is 12.6. The quantitative estimate of drug-likeness (QED) is 0.497. The smallest absolute Gasteiger partial charge is 0.270 e. The van der Waals surface area contributed by atoms with Gasteiger partial charge in [-0.2, -0.15) is 8.42 Å². The fraction of sp³-hybridized carbons (Fsp3) is 1.00. The summed E-state index contributed by atoms with van der Waals surface area (Å²) in [4.78, 5) is 0. The zero-order valence-electron chi connectivity index (χ0n) is 7.19. The predicted molar refractivity (Wildman–Crippen MR) is 46.8 cm³/mol. The molecule has 0 aliphatic heterocycles. The van der Waals surface area contributed by atoms with Crippen LogP contribution < -0.4 is 0 Å². The van der Waals surface area contributed by atoms with Crippen LogP contribution in [0.25, 0.3) is 0 Å². The van der Waals surface area contributed by atoms with E-state index in [4.69, 9.17) is 0 Å². The Balaban J connectivity index is 4.26. The van der Waals surface area contributed by atoms with Crippen LogP contribution in [0.1, 0.15) is 26.7 Å². The number of hydrogen-bond acceptors (Lipinski definition) is 4. The van der Waals surface area contributed by atoms with Crippen molar-refractivity contribution in [3.63, 3.8) is 0 Å².